The molecular weight excluding hydrogens is 320 g/mol. The number of aromatic nitrogens is 1. The number of fused-ring (bicyclic) bond motifs is 3. The number of nitrogens with zero attached hydrogens (tertiary/aromatic N) is 2. The molecule has 1 aromatic carbocycles. The van der Waals surface area contributed by atoms with Crippen molar-refractivity contribution in [1.82, 2.24) is 9.47 Å². The molecule has 132 valence electrons. The highest BCUT2D eigenvalue weighted by Gasteiger charge is 2.49. The first-order chi connectivity index (χ1) is 11.8. The monoisotopic (exact) mass is 342 g/mol. The predicted octanol–water partition coefficient (Wildman–Crippen LogP) is 1.73. The number of carbonyl (C=O) groups is 1. The highest BCUT2D eigenvalue weighted by molar-refractivity contribution is 5.88. The molecule has 0 saturated carbocycles. The fraction of sp³-hybridized carbons (Fsp3) is 0.474. The van der Waals surface area contributed by atoms with Gasteiger partial charge in [0.1, 0.15) is 17.5 Å². The first-order valence-electron chi connectivity index (χ1n) is 8.61. The van der Waals surface area contributed by atoms with Crippen molar-refractivity contribution >= 4 is 16.8 Å². The molecule has 3 heterocycles. The summed E-state index contributed by atoms with van der Waals surface area (Å²) in [6, 6.07) is 6.86. The van der Waals surface area contributed by atoms with Gasteiger partial charge >= 0.3 is 0 Å². The van der Waals surface area contributed by atoms with E-state index < -0.39 is 17.7 Å². The average Bonchev–Trinajstić information content (AvgIpc) is 3.00. The Morgan fingerprint density at radius 3 is 2.64 bits per heavy atom. The van der Waals surface area contributed by atoms with Crippen molar-refractivity contribution in [1.29, 1.82) is 0 Å². The normalized spacial score (nSPS) is 25.1. The van der Waals surface area contributed by atoms with Crippen LogP contribution >= 0.6 is 0 Å². The van der Waals surface area contributed by atoms with Gasteiger partial charge in [-0.05, 0) is 32.4 Å². The summed E-state index contributed by atoms with van der Waals surface area (Å²) in [5.74, 6) is 0.460. The zero-order chi connectivity index (χ0) is 17.9. The second-order valence-electron chi connectivity index (χ2n) is 7.41. The van der Waals surface area contributed by atoms with Crippen LogP contribution in [0.3, 0.4) is 0 Å². The highest BCUT2D eigenvalue weighted by atomic mass is 16.5. The Hall–Kier alpha value is -2.34. The van der Waals surface area contributed by atoms with Gasteiger partial charge in [0.25, 0.3) is 5.56 Å². The SMILES string of the molecule is Cn1c(=O)c2c(c3ccccc31)OC(C)(C)C(O)C2N1CCCC1=O. The van der Waals surface area contributed by atoms with Crippen LogP contribution in [-0.4, -0.2) is 38.7 Å². The third-order valence-electron chi connectivity index (χ3n) is 5.41. The number of aryl methyl sites for hydroxylation is 1. The number of hydrogen-bond acceptors (Lipinski definition) is 4. The number of benzene rings is 1. The van der Waals surface area contributed by atoms with Gasteiger partial charge in [0.15, 0.2) is 0 Å². The van der Waals surface area contributed by atoms with Crippen molar-refractivity contribution in [2.24, 2.45) is 7.05 Å². The van der Waals surface area contributed by atoms with Gasteiger partial charge in [-0.25, -0.2) is 0 Å². The van der Waals surface area contributed by atoms with Crippen LogP contribution < -0.4 is 10.3 Å². The van der Waals surface area contributed by atoms with Gasteiger partial charge in [0, 0.05) is 25.4 Å². The van der Waals surface area contributed by atoms with Crippen LogP contribution in [0.1, 0.15) is 38.3 Å². The van der Waals surface area contributed by atoms with Crippen LogP contribution in [0.4, 0.5) is 0 Å². The summed E-state index contributed by atoms with van der Waals surface area (Å²) in [7, 11) is 1.71. The molecule has 25 heavy (non-hydrogen) atoms. The first kappa shape index (κ1) is 16.1. The maximum absolute atomic E-state index is 13.1. The van der Waals surface area contributed by atoms with Crippen molar-refractivity contribution in [3.63, 3.8) is 0 Å². The van der Waals surface area contributed by atoms with Crippen molar-refractivity contribution in [2.45, 2.75) is 44.4 Å². The summed E-state index contributed by atoms with van der Waals surface area (Å²) >= 11 is 0. The Bertz CT molecular complexity index is 931. The number of aliphatic hydroxyl groups is 1. The van der Waals surface area contributed by atoms with Crippen LogP contribution in [0.5, 0.6) is 5.75 Å². The quantitative estimate of drug-likeness (QED) is 0.857. The molecule has 1 saturated heterocycles. The van der Waals surface area contributed by atoms with E-state index in [0.29, 0.717) is 24.3 Å². The maximum atomic E-state index is 13.1. The van der Waals surface area contributed by atoms with E-state index in [-0.39, 0.29) is 11.5 Å². The Morgan fingerprint density at radius 1 is 1.24 bits per heavy atom. The molecule has 1 aromatic heterocycles. The van der Waals surface area contributed by atoms with E-state index in [0.717, 1.165) is 17.3 Å². The fourth-order valence-electron chi connectivity index (χ4n) is 4.01. The molecule has 0 aliphatic carbocycles. The maximum Gasteiger partial charge on any atom is 0.259 e. The summed E-state index contributed by atoms with van der Waals surface area (Å²) in [5.41, 5.74) is 0.0107. The minimum Gasteiger partial charge on any atom is -0.484 e. The molecule has 0 bridgehead atoms. The standard InChI is InChI=1S/C19H22N2O4/c1-19(2)17(23)15(21-10-6-9-13(21)22)14-16(25-19)11-7-4-5-8-12(11)20(3)18(14)24/h4-5,7-8,15,17,23H,6,9-10H2,1-3H3. The molecule has 2 atom stereocenters. The topological polar surface area (TPSA) is 71.8 Å². The number of ether oxygens (including phenoxy) is 1. The highest BCUT2D eigenvalue weighted by Crippen LogP contribution is 2.45. The van der Waals surface area contributed by atoms with Crippen LogP contribution in [0.2, 0.25) is 0 Å². The van der Waals surface area contributed by atoms with Crippen LogP contribution in [0.15, 0.2) is 29.1 Å². The Labute approximate surface area is 145 Å². The molecule has 0 radical (unpaired) electrons. The summed E-state index contributed by atoms with van der Waals surface area (Å²) < 4.78 is 7.67. The van der Waals surface area contributed by atoms with Crippen molar-refractivity contribution in [3.05, 3.63) is 40.2 Å². The van der Waals surface area contributed by atoms with E-state index in [1.807, 2.05) is 24.3 Å². The number of pyridine rings is 1. The number of aliphatic hydroxyl groups excluding tert-OH is 1. The minimum atomic E-state index is -0.976. The van der Waals surface area contributed by atoms with Gasteiger partial charge in [0.2, 0.25) is 5.91 Å². The Kier molecular flexibility index (Phi) is 3.44. The molecule has 2 aromatic rings. The van der Waals surface area contributed by atoms with E-state index in [1.165, 1.54) is 0 Å². The van der Waals surface area contributed by atoms with Gasteiger partial charge in [0.05, 0.1) is 17.1 Å². The van der Waals surface area contributed by atoms with Gasteiger partial charge in [-0.2, -0.15) is 0 Å². The Balaban J connectivity index is 2.06. The third-order valence-corrected chi connectivity index (χ3v) is 5.41. The Morgan fingerprint density at radius 2 is 1.96 bits per heavy atom. The zero-order valence-electron chi connectivity index (χ0n) is 14.7. The molecule has 1 N–H and O–H groups in total. The van der Waals surface area contributed by atoms with E-state index in [4.69, 9.17) is 4.74 Å². The number of para-hydroxylation sites is 1. The number of hydrogen-bond donors (Lipinski definition) is 1. The van der Waals surface area contributed by atoms with Crippen LogP contribution in [-0.2, 0) is 11.8 Å². The number of carbonyl (C=O) groups excluding carboxylic acids is 1. The van der Waals surface area contributed by atoms with Gasteiger partial charge in [-0.3, -0.25) is 9.59 Å². The van der Waals surface area contributed by atoms with E-state index in [1.54, 1.807) is 30.4 Å². The lowest BCUT2D eigenvalue weighted by Gasteiger charge is -2.45. The molecule has 2 aliphatic rings. The summed E-state index contributed by atoms with van der Waals surface area (Å²) in [4.78, 5) is 27.1. The van der Waals surface area contributed by atoms with E-state index >= 15 is 0 Å². The molecule has 2 aliphatic heterocycles. The van der Waals surface area contributed by atoms with Crippen molar-refractivity contribution in [3.8, 4) is 5.75 Å². The van der Waals surface area contributed by atoms with Crippen LogP contribution in [0.25, 0.3) is 10.9 Å². The molecule has 0 spiro atoms. The van der Waals surface area contributed by atoms with Crippen molar-refractivity contribution < 1.29 is 14.6 Å². The molecule has 1 amide bonds. The predicted molar refractivity (Wildman–Crippen MR) is 93.6 cm³/mol. The lowest BCUT2D eigenvalue weighted by atomic mass is 9.85. The lowest BCUT2D eigenvalue weighted by molar-refractivity contribution is -0.139. The zero-order valence-corrected chi connectivity index (χ0v) is 14.7. The molecule has 1 fully saturated rings. The molecule has 4 rings (SSSR count). The minimum absolute atomic E-state index is 0.0251. The lowest BCUT2D eigenvalue weighted by Crippen LogP contribution is -2.55. The van der Waals surface area contributed by atoms with Crippen LogP contribution in [0, 0.1) is 0 Å². The molecule has 2 unspecified atom stereocenters. The van der Waals surface area contributed by atoms with Crippen molar-refractivity contribution in [2.75, 3.05) is 6.54 Å². The van der Waals surface area contributed by atoms with E-state index in [9.17, 15) is 14.7 Å². The summed E-state index contributed by atoms with van der Waals surface area (Å²) in [5, 5.41) is 11.8. The van der Waals surface area contributed by atoms with Gasteiger partial charge in [-0.1, -0.05) is 12.1 Å². The number of rotatable bonds is 1. The summed E-state index contributed by atoms with van der Waals surface area (Å²) in [6.07, 6.45) is 0.219. The second kappa shape index (κ2) is 5.33. The molecular formula is C19H22N2O4. The van der Waals surface area contributed by atoms with Gasteiger partial charge < -0.3 is 19.3 Å². The smallest absolute Gasteiger partial charge is 0.259 e. The number of likely N-dealkylation sites (tertiary alicyclic amines) is 1. The third kappa shape index (κ3) is 2.20. The fourth-order valence-corrected chi connectivity index (χ4v) is 4.01. The summed E-state index contributed by atoms with van der Waals surface area (Å²) in [6.45, 7) is 4.13. The molecule has 6 nitrogen and oxygen atoms in total. The van der Waals surface area contributed by atoms with Gasteiger partial charge in [-0.15, -0.1) is 0 Å². The first-order valence-corrected chi connectivity index (χ1v) is 8.61. The van der Waals surface area contributed by atoms with E-state index in [2.05, 4.69) is 0 Å². The second-order valence-corrected chi connectivity index (χ2v) is 7.41. The molecule has 6 heteroatoms. The largest absolute Gasteiger partial charge is 0.484 e. The average molecular weight is 342 g/mol. The number of amides is 1.